The highest BCUT2D eigenvalue weighted by molar-refractivity contribution is 6.32. The first-order valence-electron chi connectivity index (χ1n) is 8.80. The molecule has 3 rings (SSSR count). The van der Waals surface area contributed by atoms with Crippen molar-refractivity contribution in [3.63, 3.8) is 0 Å². The molecule has 0 aliphatic carbocycles. The minimum atomic E-state index is 0.341. The predicted molar refractivity (Wildman–Crippen MR) is 114 cm³/mol. The van der Waals surface area contributed by atoms with Crippen LogP contribution < -0.4 is 9.47 Å². The van der Waals surface area contributed by atoms with Crippen LogP contribution in [0.15, 0.2) is 65.8 Å². The van der Waals surface area contributed by atoms with Gasteiger partial charge >= 0.3 is 0 Å². The Kier molecular flexibility index (Phi) is 7.29. The average Bonchev–Trinajstić information content (AvgIpc) is 2.71. The highest BCUT2D eigenvalue weighted by Gasteiger charge is 2.12. The molecule has 3 aromatic rings. The van der Waals surface area contributed by atoms with Gasteiger partial charge in [-0.25, -0.2) is 0 Å². The van der Waals surface area contributed by atoms with Crippen LogP contribution in [-0.2, 0) is 13.0 Å². The van der Waals surface area contributed by atoms with Gasteiger partial charge in [0.25, 0.3) is 0 Å². The van der Waals surface area contributed by atoms with Gasteiger partial charge in [0.2, 0.25) is 0 Å². The number of hydrogen-bond donors (Lipinski definition) is 0. The average molecular weight is 415 g/mol. The van der Waals surface area contributed by atoms with Crippen LogP contribution >= 0.6 is 23.2 Å². The van der Waals surface area contributed by atoms with Crippen molar-refractivity contribution in [2.45, 2.75) is 13.0 Å². The van der Waals surface area contributed by atoms with Gasteiger partial charge in [-0.2, -0.15) is 0 Å². The third kappa shape index (κ3) is 5.72. The van der Waals surface area contributed by atoms with E-state index in [2.05, 4.69) is 9.98 Å². The van der Waals surface area contributed by atoms with Gasteiger partial charge in [-0.05, 0) is 47.5 Å². The molecule has 28 heavy (non-hydrogen) atoms. The summed E-state index contributed by atoms with van der Waals surface area (Å²) >= 11 is 12.4. The van der Waals surface area contributed by atoms with Crippen molar-refractivity contribution in [2.75, 3.05) is 13.7 Å². The predicted octanol–water partition coefficient (Wildman–Crippen LogP) is 5.64. The molecule has 4 nitrogen and oxygen atoms in total. The Morgan fingerprint density at radius 3 is 2.71 bits per heavy atom. The molecule has 0 saturated carbocycles. The lowest BCUT2D eigenvalue weighted by Gasteiger charge is -2.13. The first kappa shape index (κ1) is 20.2. The Hall–Kier alpha value is -2.56. The molecule has 2 aromatic carbocycles. The van der Waals surface area contributed by atoms with Gasteiger partial charge in [-0.3, -0.25) is 9.98 Å². The molecule has 0 saturated heterocycles. The first-order valence-corrected chi connectivity index (χ1v) is 9.56. The Labute approximate surface area is 174 Å². The van der Waals surface area contributed by atoms with E-state index in [-0.39, 0.29) is 0 Å². The largest absolute Gasteiger partial charge is 0.493 e. The van der Waals surface area contributed by atoms with E-state index >= 15 is 0 Å². The Morgan fingerprint density at radius 2 is 1.96 bits per heavy atom. The normalized spacial score (nSPS) is 11.0. The maximum absolute atomic E-state index is 6.42. The second-order valence-corrected chi connectivity index (χ2v) is 6.90. The molecule has 0 N–H and O–H groups in total. The van der Waals surface area contributed by atoms with Crippen LogP contribution in [0.4, 0.5) is 0 Å². The zero-order valence-electron chi connectivity index (χ0n) is 15.4. The second-order valence-electron chi connectivity index (χ2n) is 6.06. The minimum absolute atomic E-state index is 0.341. The van der Waals surface area contributed by atoms with Crippen LogP contribution in [0.25, 0.3) is 0 Å². The minimum Gasteiger partial charge on any atom is -0.493 e. The van der Waals surface area contributed by atoms with E-state index in [1.54, 1.807) is 19.5 Å². The summed E-state index contributed by atoms with van der Waals surface area (Å²) in [6.07, 6.45) is 4.34. The maximum Gasteiger partial charge on any atom is 0.180 e. The summed E-state index contributed by atoms with van der Waals surface area (Å²) in [6, 6.07) is 17.0. The molecule has 0 spiro atoms. The van der Waals surface area contributed by atoms with Crippen LogP contribution in [0.5, 0.6) is 11.5 Å². The van der Waals surface area contributed by atoms with Crippen molar-refractivity contribution in [3.05, 3.63) is 87.7 Å². The number of benzene rings is 2. The third-order valence-electron chi connectivity index (χ3n) is 3.99. The van der Waals surface area contributed by atoms with E-state index in [0.717, 1.165) is 23.2 Å². The topological polar surface area (TPSA) is 43.7 Å². The molecule has 0 radical (unpaired) electrons. The number of hydrogen-bond acceptors (Lipinski definition) is 4. The third-order valence-corrected chi connectivity index (χ3v) is 4.50. The van der Waals surface area contributed by atoms with Crippen molar-refractivity contribution >= 4 is 29.4 Å². The molecule has 0 fully saturated rings. The van der Waals surface area contributed by atoms with Crippen LogP contribution in [0.3, 0.4) is 0 Å². The maximum atomic E-state index is 6.42. The number of aliphatic imine (C=N–C) groups is 1. The SMILES string of the molecule is COc1cc(/C=N/CCc2ccccn2)cc(Cl)c1OCc1cccc(Cl)c1. The quantitative estimate of drug-likeness (QED) is 0.448. The highest BCUT2D eigenvalue weighted by atomic mass is 35.5. The van der Waals surface area contributed by atoms with E-state index in [0.29, 0.717) is 34.7 Å². The van der Waals surface area contributed by atoms with Crippen molar-refractivity contribution in [3.8, 4) is 11.5 Å². The van der Waals surface area contributed by atoms with E-state index in [1.807, 2.05) is 54.6 Å². The Balaban J connectivity index is 1.66. The lowest BCUT2D eigenvalue weighted by Crippen LogP contribution is -2.00. The van der Waals surface area contributed by atoms with Crippen molar-refractivity contribution in [2.24, 2.45) is 4.99 Å². The smallest absolute Gasteiger partial charge is 0.180 e. The number of ether oxygens (including phenoxy) is 2. The molecule has 0 unspecified atom stereocenters. The molecular formula is C22H20Cl2N2O2. The Morgan fingerprint density at radius 1 is 1.07 bits per heavy atom. The molecule has 144 valence electrons. The number of halogens is 2. The number of nitrogens with zero attached hydrogens (tertiary/aromatic N) is 2. The summed E-state index contributed by atoms with van der Waals surface area (Å²) in [5.74, 6) is 1.05. The van der Waals surface area contributed by atoms with E-state index in [4.69, 9.17) is 32.7 Å². The van der Waals surface area contributed by atoms with E-state index in [1.165, 1.54) is 0 Å². The van der Waals surface area contributed by atoms with Crippen molar-refractivity contribution in [1.82, 2.24) is 4.98 Å². The molecule has 0 bridgehead atoms. The number of pyridine rings is 1. The van der Waals surface area contributed by atoms with Crippen molar-refractivity contribution in [1.29, 1.82) is 0 Å². The van der Waals surface area contributed by atoms with E-state index in [9.17, 15) is 0 Å². The standard InChI is InChI=1S/C22H20Cl2N2O2/c1-27-21-13-17(14-25-10-8-19-7-2-3-9-26-19)12-20(24)22(21)28-15-16-5-4-6-18(23)11-16/h2-7,9,11-14H,8,10,15H2,1H3/b25-14+. The summed E-state index contributed by atoms with van der Waals surface area (Å²) in [6.45, 7) is 0.984. The van der Waals surface area contributed by atoms with Crippen molar-refractivity contribution < 1.29 is 9.47 Å². The Bertz CT molecular complexity index is 947. The second kappa shape index (κ2) is 10.1. The lowest BCUT2D eigenvalue weighted by atomic mass is 10.2. The van der Waals surface area contributed by atoms with Crippen LogP contribution in [0.2, 0.25) is 10.0 Å². The molecular weight excluding hydrogens is 395 g/mol. The number of methoxy groups -OCH3 is 1. The molecule has 0 aliphatic heterocycles. The molecule has 0 atom stereocenters. The summed E-state index contributed by atoms with van der Waals surface area (Å²) in [7, 11) is 1.58. The van der Waals surface area contributed by atoms with Gasteiger partial charge in [0.15, 0.2) is 11.5 Å². The van der Waals surface area contributed by atoms with Gasteiger partial charge in [0.05, 0.1) is 12.1 Å². The molecule has 0 amide bonds. The molecule has 1 heterocycles. The fraction of sp³-hybridized carbons (Fsp3) is 0.182. The summed E-state index contributed by atoms with van der Waals surface area (Å²) in [4.78, 5) is 8.74. The van der Waals surface area contributed by atoms with Gasteiger partial charge in [0, 0.05) is 36.1 Å². The zero-order chi connectivity index (χ0) is 19.8. The van der Waals surface area contributed by atoms with Crippen LogP contribution in [0.1, 0.15) is 16.8 Å². The summed E-state index contributed by atoms with van der Waals surface area (Å²) < 4.78 is 11.3. The summed E-state index contributed by atoms with van der Waals surface area (Å²) in [5.41, 5.74) is 2.81. The van der Waals surface area contributed by atoms with Crippen LogP contribution in [-0.4, -0.2) is 24.9 Å². The first-order chi connectivity index (χ1) is 13.7. The van der Waals surface area contributed by atoms with Gasteiger partial charge in [-0.15, -0.1) is 0 Å². The summed E-state index contributed by atoms with van der Waals surface area (Å²) in [5, 5.41) is 1.13. The van der Waals surface area contributed by atoms with Gasteiger partial charge in [0.1, 0.15) is 6.61 Å². The fourth-order valence-corrected chi connectivity index (χ4v) is 3.12. The molecule has 1 aromatic heterocycles. The van der Waals surface area contributed by atoms with E-state index < -0.39 is 0 Å². The molecule has 6 heteroatoms. The lowest BCUT2D eigenvalue weighted by molar-refractivity contribution is 0.284. The number of rotatable bonds is 8. The highest BCUT2D eigenvalue weighted by Crippen LogP contribution is 2.36. The molecule has 0 aliphatic rings. The van der Waals surface area contributed by atoms with Gasteiger partial charge in [-0.1, -0.05) is 41.4 Å². The fourth-order valence-electron chi connectivity index (χ4n) is 2.63. The van der Waals surface area contributed by atoms with Gasteiger partial charge < -0.3 is 9.47 Å². The zero-order valence-corrected chi connectivity index (χ0v) is 17.0. The van der Waals surface area contributed by atoms with Crippen LogP contribution in [0, 0.1) is 0 Å². The monoisotopic (exact) mass is 414 g/mol. The number of aromatic nitrogens is 1.